The lowest BCUT2D eigenvalue weighted by molar-refractivity contribution is -0.156. The maximum atomic E-state index is 13.2. The van der Waals surface area contributed by atoms with Gasteiger partial charge in [0.2, 0.25) is 0 Å². The third-order valence-corrected chi connectivity index (χ3v) is 8.18. The molecule has 1 saturated heterocycles. The van der Waals surface area contributed by atoms with E-state index in [0.29, 0.717) is 13.0 Å². The van der Waals surface area contributed by atoms with Crippen LogP contribution in [-0.4, -0.2) is 81.3 Å². The van der Waals surface area contributed by atoms with Gasteiger partial charge in [0.15, 0.2) is 17.3 Å². The molecule has 4 rings (SSSR count). The van der Waals surface area contributed by atoms with E-state index in [-0.39, 0.29) is 12.0 Å². The fourth-order valence-corrected chi connectivity index (χ4v) is 5.90. The first-order chi connectivity index (χ1) is 17.2. The van der Waals surface area contributed by atoms with Crippen molar-refractivity contribution < 1.29 is 19.8 Å². The Morgan fingerprint density at radius 3 is 2.75 bits per heavy atom. The van der Waals surface area contributed by atoms with Crippen molar-refractivity contribution in [3.63, 3.8) is 0 Å². The number of thiazole rings is 1. The van der Waals surface area contributed by atoms with Crippen LogP contribution in [-0.2, 0) is 15.1 Å². The molecule has 0 bridgehead atoms. The van der Waals surface area contributed by atoms with Gasteiger partial charge in [-0.15, -0.1) is 11.3 Å². The van der Waals surface area contributed by atoms with Crippen LogP contribution >= 0.6 is 11.3 Å². The Hall–Kier alpha value is -2.73. The summed E-state index contributed by atoms with van der Waals surface area (Å²) in [7, 11) is 1.78. The minimum Gasteiger partial charge on any atom is -0.380 e. The molecule has 1 fully saturated rings. The van der Waals surface area contributed by atoms with Crippen LogP contribution in [0.5, 0.6) is 0 Å². The van der Waals surface area contributed by atoms with Crippen LogP contribution in [0.25, 0.3) is 0 Å². The van der Waals surface area contributed by atoms with Crippen molar-refractivity contribution >= 4 is 28.3 Å². The summed E-state index contributed by atoms with van der Waals surface area (Å²) >= 11 is 1.44. The van der Waals surface area contributed by atoms with Crippen molar-refractivity contribution in [2.45, 2.75) is 63.4 Å². The van der Waals surface area contributed by atoms with Gasteiger partial charge in [0, 0.05) is 37.6 Å². The standard InChI is InChI=1S/C25H36N6O4S/c1-15-13-17(7-8-18(15)31-12-6-10-27-31)16(2)28-22(34)20(32)21(33)23(35)30-11-5-9-25(30,3)19-14-36-24(26-4)29-19/h6-8,12-16,18,20-21,27,32-33H,5,9-11H2,1-4H3,(H,26,29)(H,28,34)/t15?,16-,18?,20-,21-,25?/m1/s1. The van der Waals surface area contributed by atoms with Crippen LogP contribution in [0, 0.1) is 5.92 Å². The summed E-state index contributed by atoms with van der Waals surface area (Å²) in [6.45, 7) is 7.03. The monoisotopic (exact) mass is 516 g/mol. The van der Waals surface area contributed by atoms with E-state index in [0.717, 1.165) is 29.4 Å². The lowest BCUT2D eigenvalue weighted by atomic mass is 9.90. The highest BCUT2D eigenvalue weighted by Crippen LogP contribution is 2.40. The summed E-state index contributed by atoms with van der Waals surface area (Å²) in [5, 5.41) is 31.7. The molecule has 2 aliphatic heterocycles. The molecular formula is C25H36N6O4S. The number of hydrogen-bond acceptors (Lipinski definition) is 9. The average molecular weight is 517 g/mol. The lowest BCUT2D eigenvalue weighted by Crippen LogP contribution is -2.55. The van der Waals surface area contributed by atoms with Gasteiger partial charge in [0.25, 0.3) is 11.8 Å². The molecule has 0 spiro atoms. The van der Waals surface area contributed by atoms with Crippen LogP contribution < -0.4 is 16.1 Å². The molecule has 11 heteroatoms. The van der Waals surface area contributed by atoms with Crippen molar-refractivity contribution in [2.24, 2.45) is 5.92 Å². The fraction of sp³-hybridized carbons (Fsp3) is 0.560. The number of aliphatic hydroxyl groups is 2. The molecule has 0 radical (unpaired) electrons. The fourth-order valence-electron chi connectivity index (χ4n) is 5.10. The van der Waals surface area contributed by atoms with Crippen molar-refractivity contribution in [3.05, 3.63) is 47.2 Å². The Kier molecular flexibility index (Phi) is 7.84. The van der Waals surface area contributed by atoms with E-state index in [1.807, 2.05) is 31.5 Å². The van der Waals surface area contributed by atoms with E-state index in [9.17, 15) is 19.8 Å². The summed E-state index contributed by atoms with van der Waals surface area (Å²) in [6, 6.07) is -0.236. The highest BCUT2D eigenvalue weighted by molar-refractivity contribution is 7.13. The van der Waals surface area contributed by atoms with E-state index in [2.05, 4.69) is 51.2 Å². The Morgan fingerprint density at radius 2 is 2.11 bits per heavy atom. The Morgan fingerprint density at radius 1 is 1.33 bits per heavy atom. The zero-order valence-electron chi connectivity index (χ0n) is 21.1. The number of amides is 2. The number of hydrazine groups is 1. The molecule has 3 aliphatic rings. The maximum Gasteiger partial charge on any atom is 0.255 e. The summed E-state index contributed by atoms with van der Waals surface area (Å²) in [6.07, 6.45) is 7.85. The highest BCUT2D eigenvalue weighted by atomic mass is 32.1. The second kappa shape index (κ2) is 10.7. The Labute approximate surface area is 215 Å². The van der Waals surface area contributed by atoms with Gasteiger partial charge >= 0.3 is 0 Å². The van der Waals surface area contributed by atoms with E-state index < -0.39 is 35.6 Å². The Balaban J connectivity index is 1.37. The topological polar surface area (TPSA) is 130 Å². The number of aliphatic hydroxyl groups excluding tert-OH is 2. The highest BCUT2D eigenvalue weighted by Gasteiger charge is 2.46. The molecule has 1 aromatic heterocycles. The first-order valence-corrected chi connectivity index (χ1v) is 13.2. The molecule has 1 aliphatic carbocycles. The van der Waals surface area contributed by atoms with Gasteiger partial charge in [0.05, 0.1) is 23.3 Å². The van der Waals surface area contributed by atoms with Gasteiger partial charge in [-0.1, -0.05) is 31.2 Å². The number of nitrogens with zero attached hydrogens (tertiary/aromatic N) is 3. The quantitative estimate of drug-likeness (QED) is 0.347. The van der Waals surface area contributed by atoms with Crippen LogP contribution in [0.1, 0.15) is 39.3 Å². The van der Waals surface area contributed by atoms with Crippen molar-refractivity contribution in [2.75, 3.05) is 25.5 Å². The van der Waals surface area contributed by atoms with Gasteiger partial charge in [-0.3, -0.25) is 9.59 Å². The molecule has 196 valence electrons. The average Bonchev–Trinajstić information content (AvgIpc) is 3.63. The molecule has 0 aromatic carbocycles. The molecule has 3 unspecified atom stereocenters. The minimum absolute atomic E-state index is 0.164. The van der Waals surface area contributed by atoms with Crippen LogP contribution in [0.4, 0.5) is 5.13 Å². The SMILES string of the molecule is CNc1nc(C2(C)CCCN2C(=O)[C@H](O)[C@@H](O)C(=O)N[C@H](C)C2=CC(C)C(N3C=CCN3)C=C2)cs1. The van der Waals surface area contributed by atoms with E-state index in [1.54, 1.807) is 7.05 Å². The minimum atomic E-state index is -1.88. The van der Waals surface area contributed by atoms with E-state index in [1.165, 1.54) is 16.2 Å². The van der Waals surface area contributed by atoms with Gasteiger partial charge in [-0.2, -0.15) is 0 Å². The molecule has 3 heterocycles. The van der Waals surface area contributed by atoms with E-state index in [4.69, 9.17) is 0 Å². The third kappa shape index (κ3) is 5.06. The number of anilines is 1. The summed E-state index contributed by atoms with van der Waals surface area (Å²) in [5.41, 5.74) is 4.20. The first-order valence-electron chi connectivity index (χ1n) is 12.4. The van der Waals surface area contributed by atoms with Gasteiger partial charge < -0.3 is 30.8 Å². The number of aromatic nitrogens is 1. The summed E-state index contributed by atoms with van der Waals surface area (Å²) < 4.78 is 0. The molecule has 6 atom stereocenters. The van der Waals surface area contributed by atoms with Crippen molar-refractivity contribution in [3.8, 4) is 0 Å². The number of rotatable bonds is 8. The second-order valence-corrected chi connectivity index (χ2v) is 10.7. The summed E-state index contributed by atoms with van der Waals surface area (Å²) in [5.74, 6) is -1.27. The van der Waals surface area contributed by atoms with Gasteiger partial charge in [-0.25, -0.2) is 10.4 Å². The normalized spacial score (nSPS) is 28.1. The molecule has 2 amide bonds. The zero-order chi connectivity index (χ0) is 26.0. The second-order valence-electron chi connectivity index (χ2n) is 9.80. The van der Waals surface area contributed by atoms with Crippen molar-refractivity contribution in [1.82, 2.24) is 25.6 Å². The predicted octanol–water partition coefficient (Wildman–Crippen LogP) is 1.08. The van der Waals surface area contributed by atoms with Gasteiger partial charge in [0.1, 0.15) is 0 Å². The largest absolute Gasteiger partial charge is 0.380 e. The van der Waals surface area contributed by atoms with Crippen LogP contribution in [0.15, 0.2) is 41.5 Å². The van der Waals surface area contributed by atoms with Crippen LogP contribution in [0.3, 0.4) is 0 Å². The lowest BCUT2D eigenvalue weighted by Gasteiger charge is -2.36. The predicted molar refractivity (Wildman–Crippen MR) is 139 cm³/mol. The third-order valence-electron chi connectivity index (χ3n) is 7.32. The van der Waals surface area contributed by atoms with Crippen LogP contribution in [0.2, 0.25) is 0 Å². The number of carbonyl (C=O) groups is 2. The smallest absolute Gasteiger partial charge is 0.255 e. The maximum absolute atomic E-state index is 13.2. The molecule has 0 saturated carbocycles. The molecule has 10 nitrogen and oxygen atoms in total. The molecule has 5 N–H and O–H groups in total. The molecule has 1 aromatic rings. The summed E-state index contributed by atoms with van der Waals surface area (Å²) in [4.78, 5) is 32.1. The van der Waals surface area contributed by atoms with Crippen molar-refractivity contribution in [1.29, 1.82) is 0 Å². The molecule has 36 heavy (non-hydrogen) atoms. The molecular weight excluding hydrogens is 480 g/mol. The number of nitrogens with one attached hydrogen (secondary N) is 3. The number of carbonyl (C=O) groups excluding carboxylic acids is 2. The zero-order valence-corrected chi connectivity index (χ0v) is 22.0. The Bertz CT molecular complexity index is 1070. The number of likely N-dealkylation sites (tertiary alicyclic amines) is 1. The first kappa shape index (κ1) is 26.3. The van der Waals surface area contributed by atoms with Gasteiger partial charge in [-0.05, 0) is 32.3 Å². The number of hydrogen-bond donors (Lipinski definition) is 5. The van der Waals surface area contributed by atoms with E-state index >= 15 is 0 Å².